The number of nitrogens with one attached hydrogen (secondary N) is 1. The molecule has 1 fully saturated rings. The summed E-state index contributed by atoms with van der Waals surface area (Å²) in [6.07, 6.45) is 2.67. The van der Waals surface area contributed by atoms with Gasteiger partial charge in [0, 0.05) is 18.8 Å². The molecule has 8 nitrogen and oxygen atoms in total. The van der Waals surface area contributed by atoms with Gasteiger partial charge >= 0.3 is 0 Å². The molecule has 0 saturated carbocycles. The molecule has 0 bridgehead atoms. The van der Waals surface area contributed by atoms with Gasteiger partial charge in [0.2, 0.25) is 5.91 Å². The van der Waals surface area contributed by atoms with Crippen LogP contribution in [0.15, 0.2) is 30.6 Å². The van der Waals surface area contributed by atoms with E-state index in [9.17, 15) is 4.79 Å². The Kier molecular flexibility index (Phi) is 4.52. The highest BCUT2D eigenvalue weighted by Gasteiger charge is 2.38. The Balaban J connectivity index is 1.86. The Morgan fingerprint density at radius 2 is 2.17 bits per heavy atom. The molecule has 1 saturated heterocycles. The molecule has 1 aromatic heterocycles. The third-order valence-electron chi connectivity index (χ3n) is 4.02. The standard InChI is InChI=1S/C15H19N5O3/c1-22-13-5-3-2-4-12(13)15(6-8-23-9-7-15)18-14(21)10-20-17-11-16-19-20/h2-5,11H,6-10H2,1H3,(H,18,21). The van der Waals surface area contributed by atoms with E-state index in [0.717, 1.165) is 11.3 Å². The van der Waals surface area contributed by atoms with Crippen LogP contribution >= 0.6 is 0 Å². The molecule has 2 aromatic rings. The summed E-state index contributed by atoms with van der Waals surface area (Å²) in [5, 5.41) is 14.3. The lowest BCUT2D eigenvalue weighted by molar-refractivity contribution is -0.125. The quantitative estimate of drug-likeness (QED) is 0.864. The molecule has 1 aliphatic heterocycles. The van der Waals surface area contributed by atoms with Crippen molar-refractivity contribution in [2.45, 2.75) is 24.9 Å². The highest BCUT2D eigenvalue weighted by Crippen LogP contribution is 2.37. The van der Waals surface area contributed by atoms with Crippen molar-refractivity contribution in [1.29, 1.82) is 0 Å². The summed E-state index contributed by atoms with van der Waals surface area (Å²) < 4.78 is 11.0. The van der Waals surface area contributed by atoms with Gasteiger partial charge in [0.15, 0.2) is 6.33 Å². The van der Waals surface area contributed by atoms with Gasteiger partial charge < -0.3 is 14.8 Å². The number of para-hydroxylation sites is 1. The van der Waals surface area contributed by atoms with Crippen LogP contribution in [0.25, 0.3) is 0 Å². The van der Waals surface area contributed by atoms with Gasteiger partial charge in [-0.2, -0.15) is 4.80 Å². The summed E-state index contributed by atoms with van der Waals surface area (Å²) >= 11 is 0. The molecule has 0 aliphatic carbocycles. The van der Waals surface area contributed by atoms with E-state index in [1.54, 1.807) is 7.11 Å². The minimum atomic E-state index is -0.511. The van der Waals surface area contributed by atoms with Crippen molar-refractivity contribution in [3.63, 3.8) is 0 Å². The van der Waals surface area contributed by atoms with Crippen molar-refractivity contribution in [3.05, 3.63) is 36.2 Å². The number of carbonyl (C=O) groups excluding carboxylic acids is 1. The topological polar surface area (TPSA) is 91.2 Å². The summed E-state index contributed by atoms with van der Waals surface area (Å²) in [6, 6.07) is 7.74. The van der Waals surface area contributed by atoms with Crippen LogP contribution < -0.4 is 10.1 Å². The summed E-state index contributed by atoms with van der Waals surface area (Å²) in [4.78, 5) is 13.7. The van der Waals surface area contributed by atoms with Crippen LogP contribution in [0.2, 0.25) is 0 Å². The van der Waals surface area contributed by atoms with Crippen molar-refractivity contribution < 1.29 is 14.3 Å². The molecule has 0 atom stereocenters. The number of benzene rings is 1. The van der Waals surface area contributed by atoms with Gasteiger partial charge in [0.1, 0.15) is 12.3 Å². The molecular weight excluding hydrogens is 298 g/mol. The minimum Gasteiger partial charge on any atom is -0.496 e. The van der Waals surface area contributed by atoms with Crippen LogP contribution in [0.5, 0.6) is 5.75 Å². The molecule has 0 unspecified atom stereocenters. The number of hydrogen-bond donors (Lipinski definition) is 1. The van der Waals surface area contributed by atoms with E-state index in [1.165, 1.54) is 11.1 Å². The smallest absolute Gasteiger partial charge is 0.244 e. The maximum Gasteiger partial charge on any atom is 0.244 e. The Bertz CT molecular complexity index is 653. The molecular formula is C15H19N5O3. The van der Waals surface area contributed by atoms with Gasteiger partial charge in [-0.3, -0.25) is 4.79 Å². The van der Waals surface area contributed by atoms with Gasteiger partial charge in [-0.15, -0.1) is 10.2 Å². The molecule has 1 N–H and O–H groups in total. The molecule has 1 aliphatic rings. The van der Waals surface area contributed by atoms with E-state index in [4.69, 9.17) is 9.47 Å². The second-order valence-electron chi connectivity index (χ2n) is 5.41. The molecule has 23 heavy (non-hydrogen) atoms. The normalized spacial score (nSPS) is 16.7. The summed E-state index contributed by atoms with van der Waals surface area (Å²) in [7, 11) is 1.63. The summed E-state index contributed by atoms with van der Waals surface area (Å²) in [6.45, 7) is 1.19. The van der Waals surface area contributed by atoms with E-state index in [2.05, 4.69) is 20.7 Å². The predicted octanol–water partition coefficient (Wildman–Crippen LogP) is 0.504. The maximum absolute atomic E-state index is 12.4. The van der Waals surface area contributed by atoms with Crippen molar-refractivity contribution in [3.8, 4) is 5.75 Å². The highest BCUT2D eigenvalue weighted by atomic mass is 16.5. The number of ether oxygens (including phenoxy) is 2. The lowest BCUT2D eigenvalue weighted by atomic mass is 9.82. The third kappa shape index (κ3) is 3.31. The van der Waals surface area contributed by atoms with Crippen LogP contribution in [-0.4, -0.2) is 46.4 Å². The zero-order valence-electron chi connectivity index (χ0n) is 12.9. The first-order valence-electron chi connectivity index (χ1n) is 7.46. The monoisotopic (exact) mass is 317 g/mol. The summed E-state index contributed by atoms with van der Waals surface area (Å²) in [5.74, 6) is 0.587. The van der Waals surface area contributed by atoms with E-state index in [1.807, 2.05) is 24.3 Å². The first-order chi connectivity index (χ1) is 11.2. The largest absolute Gasteiger partial charge is 0.496 e. The minimum absolute atomic E-state index is 0.0256. The van der Waals surface area contributed by atoms with Gasteiger partial charge in [-0.25, -0.2) is 0 Å². The first-order valence-corrected chi connectivity index (χ1v) is 7.46. The molecule has 1 amide bonds. The lowest BCUT2D eigenvalue weighted by Gasteiger charge is -2.39. The van der Waals surface area contributed by atoms with Gasteiger partial charge in [0.25, 0.3) is 0 Å². The van der Waals surface area contributed by atoms with Crippen LogP contribution in [0, 0.1) is 0 Å². The molecule has 3 rings (SSSR count). The first kappa shape index (κ1) is 15.4. The lowest BCUT2D eigenvalue weighted by Crippen LogP contribution is -2.50. The fourth-order valence-corrected chi connectivity index (χ4v) is 2.92. The van der Waals surface area contributed by atoms with E-state index in [-0.39, 0.29) is 12.5 Å². The van der Waals surface area contributed by atoms with E-state index >= 15 is 0 Å². The number of nitrogens with zero attached hydrogens (tertiary/aromatic N) is 4. The second-order valence-corrected chi connectivity index (χ2v) is 5.41. The van der Waals surface area contributed by atoms with Gasteiger partial charge in [-0.05, 0) is 24.1 Å². The Morgan fingerprint density at radius 3 is 2.87 bits per heavy atom. The number of methoxy groups -OCH3 is 1. The van der Waals surface area contributed by atoms with Crippen LogP contribution in [0.4, 0.5) is 0 Å². The highest BCUT2D eigenvalue weighted by molar-refractivity contribution is 5.77. The van der Waals surface area contributed by atoms with Crippen molar-refractivity contribution in [2.24, 2.45) is 0 Å². The molecule has 1 aromatic carbocycles. The number of carbonyl (C=O) groups is 1. The van der Waals surface area contributed by atoms with Gasteiger partial charge in [-0.1, -0.05) is 18.2 Å². The molecule has 122 valence electrons. The number of aromatic nitrogens is 4. The molecule has 8 heteroatoms. The molecule has 2 heterocycles. The second kappa shape index (κ2) is 6.74. The average molecular weight is 317 g/mol. The number of tetrazole rings is 1. The number of hydrogen-bond acceptors (Lipinski definition) is 6. The van der Waals surface area contributed by atoms with Crippen molar-refractivity contribution in [2.75, 3.05) is 20.3 Å². The number of amides is 1. The van der Waals surface area contributed by atoms with E-state index in [0.29, 0.717) is 26.1 Å². The Hall–Kier alpha value is -2.48. The van der Waals surface area contributed by atoms with Crippen LogP contribution in [0.3, 0.4) is 0 Å². The zero-order chi connectivity index (χ0) is 16.1. The Morgan fingerprint density at radius 1 is 1.39 bits per heavy atom. The van der Waals surface area contributed by atoms with Crippen LogP contribution in [0.1, 0.15) is 18.4 Å². The average Bonchev–Trinajstić information content (AvgIpc) is 3.08. The summed E-state index contributed by atoms with van der Waals surface area (Å²) in [5.41, 5.74) is 0.452. The van der Waals surface area contributed by atoms with Crippen molar-refractivity contribution >= 4 is 5.91 Å². The fraction of sp³-hybridized carbons (Fsp3) is 0.467. The molecule has 0 spiro atoms. The van der Waals surface area contributed by atoms with Crippen LogP contribution in [-0.2, 0) is 21.6 Å². The van der Waals surface area contributed by atoms with E-state index < -0.39 is 5.54 Å². The SMILES string of the molecule is COc1ccccc1C1(NC(=O)Cn2ncnn2)CCOCC1. The van der Waals surface area contributed by atoms with Crippen molar-refractivity contribution in [1.82, 2.24) is 25.5 Å². The van der Waals surface area contributed by atoms with Gasteiger partial charge in [0.05, 0.1) is 12.6 Å². The zero-order valence-corrected chi connectivity index (χ0v) is 12.9. The fourth-order valence-electron chi connectivity index (χ4n) is 2.92. The third-order valence-corrected chi connectivity index (χ3v) is 4.02. The predicted molar refractivity (Wildman–Crippen MR) is 80.7 cm³/mol. The number of rotatable bonds is 5. The maximum atomic E-state index is 12.4. The Labute approximate surface area is 133 Å². The molecule has 0 radical (unpaired) electrons.